The highest BCUT2D eigenvalue weighted by Crippen LogP contribution is 2.03. The van der Waals surface area contributed by atoms with Gasteiger partial charge >= 0.3 is 0 Å². The topological polar surface area (TPSA) is 40.5 Å². The molecule has 0 spiro atoms. The van der Waals surface area contributed by atoms with E-state index in [4.69, 9.17) is 5.11 Å². The fourth-order valence-corrected chi connectivity index (χ4v) is 1.28. The highest BCUT2D eigenvalue weighted by Gasteiger charge is 2.09. The van der Waals surface area contributed by atoms with E-state index in [9.17, 15) is 4.79 Å². The molecular weight excluding hydrogens is 178 g/mol. The predicted octanol–water partition coefficient (Wildman–Crippen LogP) is 1.03. The summed E-state index contributed by atoms with van der Waals surface area (Å²) in [6, 6.07) is 9.74. The van der Waals surface area contributed by atoms with E-state index < -0.39 is 6.61 Å². The van der Waals surface area contributed by atoms with Gasteiger partial charge in [-0.1, -0.05) is 30.3 Å². The largest absolute Gasteiger partial charge is 0.387 e. The molecule has 0 aliphatic carbocycles. The molecule has 3 nitrogen and oxygen atoms in total. The van der Waals surface area contributed by atoms with Crippen LogP contribution in [0, 0.1) is 0 Å². The number of likely N-dealkylation sites (N-methyl/N-ethyl adjacent to an activating group) is 1. The molecule has 0 aromatic heterocycles. The van der Waals surface area contributed by atoms with E-state index in [1.54, 1.807) is 4.90 Å². The molecule has 1 rings (SSSR count). The van der Waals surface area contributed by atoms with Crippen molar-refractivity contribution in [2.24, 2.45) is 0 Å². The lowest BCUT2D eigenvalue weighted by Gasteiger charge is -2.19. The SMILES string of the molecule is CCN(Cc1ccccc1)C(=O)CO. The lowest BCUT2D eigenvalue weighted by molar-refractivity contribution is -0.134. The van der Waals surface area contributed by atoms with Gasteiger partial charge in [-0.05, 0) is 12.5 Å². The van der Waals surface area contributed by atoms with Crippen molar-refractivity contribution in [1.29, 1.82) is 0 Å². The Labute approximate surface area is 84.0 Å². The summed E-state index contributed by atoms with van der Waals surface area (Å²) in [5.74, 6) is -0.226. The zero-order valence-corrected chi connectivity index (χ0v) is 8.31. The van der Waals surface area contributed by atoms with Crippen LogP contribution < -0.4 is 0 Å². The molecule has 3 heteroatoms. The average molecular weight is 193 g/mol. The van der Waals surface area contributed by atoms with Gasteiger partial charge in [0.15, 0.2) is 0 Å². The standard InChI is InChI=1S/C11H15NO2/c1-2-12(11(14)9-13)8-10-6-4-3-5-7-10/h3-7,13H,2,8-9H2,1H3. The Kier molecular flexibility index (Phi) is 4.13. The molecule has 14 heavy (non-hydrogen) atoms. The summed E-state index contributed by atoms with van der Waals surface area (Å²) in [6.07, 6.45) is 0. The van der Waals surface area contributed by atoms with Gasteiger partial charge in [-0.15, -0.1) is 0 Å². The third-order valence-electron chi connectivity index (χ3n) is 2.09. The van der Waals surface area contributed by atoms with Crippen LogP contribution in [0.4, 0.5) is 0 Å². The Morgan fingerprint density at radius 2 is 2.00 bits per heavy atom. The van der Waals surface area contributed by atoms with Gasteiger partial charge in [0.2, 0.25) is 5.91 Å². The fourth-order valence-electron chi connectivity index (χ4n) is 1.28. The Morgan fingerprint density at radius 1 is 1.36 bits per heavy atom. The number of carbonyl (C=O) groups is 1. The number of amides is 1. The van der Waals surface area contributed by atoms with Crippen LogP contribution in [0.15, 0.2) is 30.3 Å². The number of nitrogens with zero attached hydrogens (tertiary/aromatic N) is 1. The van der Waals surface area contributed by atoms with Gasteiger partial charge in [0, 0.05) is 13.1 Å². The molecule has 1 amide bonds. The average Bonchev–Trinajstić information content (AvgIpc) is 2.26. The minimum atomic E-state index is -0.416. The highest BCUT2D eigenvalue weighted by molar-refractivity contribution is 5.77. The first-order chi connectivity index (χ1) is 6.77. The maximum atomic E-state index is 11.2. The molecular formula is C11H15NO2. The Balaban J connectivity index is 2.62. The van der Waals surface area contributed by atoms with Gasteiger partial charge in [-0.3, -0.25) is 4.79 Å². The van der Waals surface area contributed by atoms with E-state index >= 15 is 0 Å². The minimum Gasteiger partial charge on any atom is -0.387 e. The molecule has 1 aromatic rings. The van der Waals surface area contributed by atoms with E-state index in [1.165, 1.54) is 0 Å². The van der Waals surface area contributed by atoms with Crippen molar-refractivity contribution >= 4 is 5.91 Å². The zero-order valence-electron chi connectivity index (χ0n) is 8.31. The normalized spacial score (nSPS) is 9.86. The smallest absolute Gasteiger partial charge is 0.248 e. The van der Waals surface area contributed by atoms with Crippen molar-refractivity contribution in [1.82, 2.24) is 4.90 Å². The Morgan fingerprint density at radius 3 is 2.50 bits per heavy atom. The number of rotatable bonds is 4. The van der Waals surface area contributed by atoms with Crippen LogP contribution in [-0.4, -0.2) is 29.1 Å². The van der Waals surface area contributed by atoms with Crippen LogP contribution in [0.5, 0.6) is 0 Å². The Bertz CT molecular complexity index is 285. The molecule has 76 valence electrons. The van der Waals surface area contributed by atoms with Crippen molar-refractivity contribution in [2.45, 2.75) is 13.5 Å². The molecule has 1 aromatic carbocycles. The van der Waals surface area contributed by atoms with Crippen LogP contribution in [0.1, 0.15) is 12.5 Å². The first-order valence-corrected chi connectivity index (χ1v) is 4.70. The van der Waals surface area contributed by atoms with Crippen LogP contribution in [-0.2, 0) is 11.3 Å². The number of hydrogen-bond acceptors (Lipinski definition) is 2. The molecule has 0 fully saturated rings. The van der Waals surface area contributed by atoms with Crippen LogP contribution in [0.25, 0.3) is 0 Å². The molecule has 0 atom stereocenters. The summed E-state index contributed by atoms with van der Waals surface area (Å²) in [5, 5.41) is 8.72. The molecule has 1 N–H and O–H groups in total. The third-order valence-corrected chi connectivity index (χ3v) is 2.09. The number of aliphatic hydroxyl groups is 1. The molecule has 0 saturated heterocycles. The maximum absolute atomic E-state index is 11.2. The quantitative estimate of drug-likeness (QED) is 0.775. The summed E-state index contributed by atoms with van der Waals surface area (Å²) in [4.78, 5) is 12.8. The number of carbonyl (C=O) groups excluding carboxylic acids is 1. The summed E-state index contributed by atoms with van der Waals surface area (Å²) in [5.41, 5.74) is 1.08. The second-order valence-electron chi connectivity index (χ2n) is 3.05. The van der Waals surface area contributed by atoms with Gasteiger partial charge in [0.1, 0.15) is 6.61 Å². The van der Waals surface area contributed by atoms with Crippen molar-refractivity contribution in [3.8, 4) is 0 Å². The van der Waals surface area contributed by atoms with Crippen molar-refractivity contribution in [3.63, 3.8) is 0 Å². The first kappa shape index (κ1) is 10.7. The fraction of sp³-hybridized carbons (Fsp3) is 0.364. The lowest BCUT2D eigenvalue weighted by Crippen LogP contribution is -2.32. The van der Waals surface area contributed by atoms with E-state index in [2.05, 4.69) is 0 Å². The third kappa shape index (κ3) is 2.85. The van der Waals surface area contributed by atoms with Crippen molar-refractivity contribution in [2.75, 3.05) is 13.2 Å². The Hall–Kier alpha value is -1.35. The van der Waals surface area contributed by atoms with Crippen LogP contribution in [0.3, 0.4) is 0 Å². The first-order valence-electron chi connectivity index (χ1n) is 4.70. The number of benzene rings is 1. The summed E-state index contributed by atoms with van der Waals surface area (Å²) in [6.45, 7) is 2.67. The zero-order chi connectivity index (χ0) is 10.4. The molecule has 0 radical (unpaired) electrons. The summed E-state index contributed by atoms with van der Waals surface area (Å²) >= 11 is 0. The van der Waals surface area contributed by atoms with Crippen molar-refractivity contribution < 1.29 is 9.90 Å². The monoisotopic (exact) mass is 193 g/mol. The second kappa shape index (κ2) is 5.40. The molecule has 0 aliphatic rings. The van der Waals surface area contributed by atoms with Gasteiger partial charge in [-0.2, -0.15) is 0 Å². The van der Waals surface area contributed by atoms with Gasteiger partial charge in [-0.25, -0.2) is 0 Å². The highest BCUT2D eigenvalue weighted by atomic mass is 16.3. The minimum absolute atomic E-state index is 0.226. The maximum Gasteiger partial charge on any atom is 0.248 e. The second-order valence-corrected chi connectivity index (χ2v) is 3.05. The van der Waals surface area contributed by atoms with E-state index in [0.29, 0.717) is 13.1 Å². The van der Waals surface area contributed by atoms with E-state index in [1.807, 2.05) is 37.3 Å². The molecule has 0 bridgehead atoms. The lowest BCUT2D eigenvalue weighted by atomic mass is 10.2. The summed E-state index contributed by atoms with van der Waals surface area (Å²) in [7, 11) is 0. The van der Waals surface area contributed by atoms with Crippen molar-refractivity contribution in [3.05, 3.63) is 35.9 Å². The molecule has 0 saturated carbocycles. The number of aliphatic hydroxyl groups excluding tert-OH is 1. The van der Waals surface area contributed by atoms with Crippen LogP contribution in [0.2, 0.25) is 0 Å². The van der Waals surface area contributed by atoms with E-state index in [-0.39, 0.29) is 5.91 Å². The van der Waals surface area contributed by atoms with Gasteiger partial charge < -0.3 is 10.0 Å². The summed E-state index contributed by atoms with van der Waals surface area (Å²) < 4.78 is 0. The van der Waals surface area contributed by atoms with E-state index in [0.717, 1.165) is 5.56 Å². The molecule has 0 unspecified atom stereocenters. The van der Waals surface area contributed by atoms with Gasteiger partial charge in [0.25, 0.3) is 0 Å². The number of hydrogen-bond donors (Lipinski definition) is 1. The molecule has 0 heterocycles. The molecule has 0 aliphatic heterocycles. The van der Waals surface area contributed by atoms with Gasteiger partial charge in [0.05, 0.1) is 0 Å². The van der Waals surface area contributed by atoms with Crippen LogP contribution >= 0.6 is 0 Å². The predicted molar refractivity (Wildman–Crippen MR) is 54.6 cm³/mol.